The van der Waals surface area contributed by atoms with Gasteiger partial charge in [0.05, 0.1) is 7.11 Å². The smallest absolute Gasteiger partial charge is 0.375 e. The molecule has 0 N–H and O–H groups in total. The lowest BCUT2D eigenvalue weighted by atomic mass is 10.1. The number of benzene rings is 1. The maximum absolute atomic E-state index is 12.2. The minimum Gasteiger partial charge on any atom is -0.463 e. The molecule has 24 heavy (non-hydrogen) atoms. The maximum atomic E-state index is 12.2. The number of rotatable bonds is 4. The summed E-state index contributed by atoms with van der Waals surface area (Å²) in [5.74, 6) is -0.765. The number of methoxy groups -OCH3 is 1. The van der Waals surface area contributed by atoms with E-state index in [1.165, 1.54) is 19.2 Å². The highest BCUT2D eigenvalue weighted by Gasteiger charge is 2.20. The molecule has 0 amide bonds. The van der Waals surface area contributed by atoms with Gasteiger partial charge >= 0.3 is 11.9 Å². The molecule has 2 aromatic heterocycles. The molecule has 0 atom stereocenters. The number of aryl methyl sites for hydroxylation is 1. The minimum absolute atomic E-state index is 0.0399. The lowest BCUT2D eigenvalue weighted by Crippen LogP contribution is -2.05. The maximum Gasteiger partial charge on any atom is 0.375 e. The molecule has 0 fully saturated rings. The first-order chi connectivity index (χ1) is 11.5. The Morgan fingerprint density at radius 1 is 1.12 bits per heavy atom. The third kappa shape index (κ3) is 3.00. The predicted molar refractivity (Wildman–Crippen MR) is 85.1 cm³/mol. The Bertz CT molecular complexity index is 920. The third-order valence-electron chi connectivity index (χ3n) is 3.48. The van der Waals surface area contributed by atoms with Crippen molar-refractivity contribution in [1.82, 2.24) is 0 Å². The number of ether oxygens (including phenoxy) is 2. The number of esters is 2. The Balaban J connectivity index is 1.74. The van der Waals surface area contributed by atoms with Crippen LogP contribution in [-0.4, -0.2) is 19.0 Å². The highest BCUT2D eigenvalue weighted by molar-refractivity contribution is 6.31. The Labute approximate surface area is 141 Å². The SMILES string of the molecule is COC(=O)c1ccc(COC(=O)c2oc3ccc(Cl)cc3c2C)o1. The highest BCUT2D eigenvalue weighted by Crippen LogP contribution is 2.28. The van der Waals surface area contributed by atoms with Crippen molar-refractivity contribution in [2.75, 3.05) is 7.11 Å². The largest absolute Gasteiger partial charge is 0.463 e. The number of hydrogen-bond donors (Lipinski definition) is 0. The number of hydrogen-bond acceptors (Lipinski definition) is 6. The van der Waals surface area contributed by atoms with Crippen molar-refractivity contribution >= 4 is 34.5 Å². The van der Waals surface area contributed by atoms with Crippen LogP contribution in [0.3, 0.4) is 0 Å². The molecule has 3 rings (SSSR count). The van der Waals surface area contributed by atoms with E-state index in [1.807, 2.05) is 0 Å². The molecule has 0 radical (unpaired) electrons. The molecule has 2 heterocycles. The van der Waals surface area contributed by atoms with Crippen molar-refractivity contribution in [3.8, 4) is 0 Å². The quantitative estimate of drug-likeness (QED) is 0.659. The molecule has 0 unspecified atom stereocenters. The van der Waals surface area contributed by atoms with Gasteiger partial charge in [-0.05, 0) is 37.3 Å². The van der Waals surface area contributed by atoms with Crippen LogP contribution in [-0.2, 0) is 16.1 Å². The highest BCUT2D eigenvalue weighted by atomic mass is 35.5. The van der Waals surface area contributed by atoms with E-state index in [4.69, 9.17) is 25.2 Å². The van der Waals surface area contributed by atoms with Gasteiger partial charge in [-0.25, -0.2) is 9.59 Å². The fraction of sp³-hybridized carbons (Fsp3) is 0.176. The number of carbonyl (C=O) groups is 2. The number of furan rings is 2. The second kappa shape index (κ2) is 6.41. The van der Waals surface area contributed by atoms with Crippen LogP contribution in [0.15, 0.2) is 39.2 Å². The summed E-state index contributed by atoms with van der Waals surface area (Å²) in [6, 6.07) is 8.08. The first kappa shape index (κ1) is 16.1. The van der Waals surface area contributed by atoms with Crippen LogP contribution in [0.5, 0.6) is 0 Å². The predicted octanol–water partition coefficient (Wildman–Crippen LogP) is 4.13. The average Bonchev–Trinajstić information content (AvgIpc) is 3.17. The van der Waals surface area contributed by atoms with Crippen molar-refractivity contribution in [2.45, 2.75) is 13.5 Å². The van der Waals surface area contributed by atoms with E-state index in [2.05, 4.69) is 4.74 Å². The van der Waals surface area contributed by atoms with Crippen molar-refractivity contribution < 1.29 is 27.9 Å². The molecule has 0 bridgehead atoms. The van der Waals surface area contributed by atoms with Crippen molar-refractivity contribution in [1.29, 1.82) is 0 Å². The average molecular weight is 349 g/mol. The second-order valence-corrected chi connectivity index (χ2v) is 5.47. The van der Waals surface area contributed by atoms with Gasteiger partial charge in [0.15, 0.2) is 0 Å². The van der Waals surface area contributed by atoms with E-state index >= 15 is 0 Å². The minimum atomic E-state index is -0.629. The topological polar surface area (TPSA) is 78.9 Å². The third-order valence-corrected chi connectivity index (χ3v) is 3.71. The summed E-state index contributed by atoms with van der Waals surface area (Å²) in [7, 11) is 1.25. The van der Waals surface area contributed by atoms with Gasteiger partial charge in [0.25, 0.3) is 0 Å². The van der Waals surface area contributed by atoms with E-state index in [-0.39, 0.29) is 18.1 Å². The zero-order chi connectivity index (χ0) is 17.3. The van der Waals surface area contributed by atoms with Gasteiger partial charge in [-0.1, -0.05) is 11.6 Å². The Hall–Kier alpha value is -2.73. The molecular weight excluding hydrogens is 336 g/mol. The molecule has 0 saturated heterocycles. The van der Waals surface area contributed by atoms with Crippen LogP contribution < -0.4 is 0 Å². The molecular formula is C17H13ClO6. The molecule has 124 valence electrons. The van der Waals surface area contributed by atoms with Crippen LogP contribution >= 0.6 is 11.6 Å². The first-order valence-electron chi connectivity index (χ1n) is 7.02. The summed E-state index contributed by atoms with van der Waals surface area (Å²) in [5.41, 5.74) is 1.20. The van der Waals surface area contributed by atoms with Gasteiger partial charge in [0.1, 0.15) is 18.0 Å². The van der Waals surface area contributed by atoms with Gasteiger partial charge in [-0.2, -0.15) is 0 Å². The molecule has 0 spiro atoms. The summed E-state index contributed by atoms with van der Waals surface area (Å²) in [5, 5.41) is 1.30. The van der Waals surface area contributed by atoms with Gasteiger partial charge in [0, 0.05) is 16.0 Å². The molecule has 0 saturated carbocycles. The summed E-state index contributed by atoms with van der Waals surface area (Å²) < 4.78 is 20.5. The zero-order valence-electron chi connectivity index (χ0n) is 12.9. The number of halogens is 1. The van der Waals surface area contributed by atoms with Crippen molar-refractivity contribution in [2.24, 2.45) is 0 Å². The van der Waals surface area contributed by atoms with E-state index in [0.717, 1.165) is 5.39 Å². The molecule has 0 aliphatic rings. The van der Waals surface area contributed by atoms with Crippen LogP contribution in [0.25, 0.3) is 11.0 Å². The van der Waals surface area contributed by atoms with Crippen LogP contribution in [0, 0.1) is 6.92 Å². The summed E-state index contributed by atoms with van der Waals surface area (Å²) in [6.45, 7) is 1.62. The van der Waals surface area contributed by atoms with Crippen LogP contribution in [0.4, 0.5) is 0 Å². The van der Waals surface area contributed by atoms with Gasteiger partial charge in [-0.3, -0.25) is 0 Å². The monoisotopic (exact) mass is 348 g/mol. The van der Waals surface area contributed by atoms with Crippen LogP contribution in [0.1, 0.15) is 32.4 Å². The number of carbonyl (C=O) groups excluding carboxylic acids is 2. The van der Waals surface area contributed by atoms with E-state index in [0.29, 0.717) is 21.9 Å². The lowest BCUT2D eigenvalue weighted by molar-refractivity contribution is 0.0405. The fourth-order valence-corrected chi connectivity index (χ4v) is 2.43. The van der Waals surface area contributed by atoms with Gasteiger partial charge < -0.3 is 18.3 Å². The molecule has 6 nitrogen and oxygen atoms in total. The molecule has 0 aliphatic carbocycles. The molecule has 3 aromatic rings. The van der Waals surface area contributed by atoms with Gasteiger partial charge in [0.2, 0.25) is 11.5 Å². The van der Waals surface area contributed by atoms with E-state index < -0.39 is 11.9 Å². The van der Waals surface area contributed by atoms with E-state index in [1.54, 1.807) is 25.1 Å². The zero-order valence-corrected chi connectivity index (χ0v) is 13.7. The van der Waals surface area contributed by atoms with Crippen LogP contribution in [0.2, 0.25) is 5.02 Å². The van der Waals surface area contributed by atoms with Crippen molar-refractivity contribution in [3.05, 3.63) is 58.2 Å². The molecule has 0 aliphatic heterocycles. The first-order valence-corrected chi connectivity index (χ1v) is 7.40. The standard InChI is InChI=1S/C17H13ClO6/c1-9-12-7-10(18)3-5-13(12)24-15(9)17(20)22-8-11-4-6-14(23-11)16(19)21-2/h3-7H,8H2,1-2H3. The van der Waals surface area contributed by atoms with E-state index in [9.17, 15) is 9.59 Å². The summed E-state index contributed by atoms with van der Waals surface area (Å²) in [4.78, 5) is 23.5. The normalized spacial score (nSPS) is 10.8. The Kier molecular flexibility index (Phi) is 4.31. The number of fused-ring (bicyclic) bond motifs is 1. The van der Waals surface area contributed by atoms with Crippen molar-refractivity contribution in [3.63, 3.8) is 0 Å². The summed E-state index contributed by atoms with van der Waals surface area (Å²) >= 11 is 5.95. The molecule has 7 heteroatoms. The lowest BCUT2D eigenvalue weighted by Gasteiger charge is -2.01. The molecule has 1 aromatic carbocycles. The van der Waals surface area contributed by atoms with Gasteiger partial charge in [-0.15, -0.1) is 0 Å². The fourth-order valence-electron chi connectivity index (χ4n) is 2.26. The Morgan fingerprint density at radius 2 is 1.92 bits per heavy atom. The Morgan fingerprint density at radius 3 is 2.67 bits per heavy atom. The summed E-state index contributed by atoms with van der Waals surface area (Å²) in [6.07, 6.45) is 0. The second-order valence-electron chi connectivity index (χ2n) is 5.03.